The number of fused-ring (bicyclic) bond motifs is 1. The van der Waals surface area contributed by atoms with Gasteiger partial charge < -0.3 is 10.3 Å². The SMILES string of the molecule is CC(C)(NCc1nc2ccccc2c(=O)[nH]1)C1CC1. The number of rotatable bonds is 4. The monoisotopic (exact) mass is 257 g/mol. The third kappa shape index (κ3) is 2.54. The lowest BCUT2D eigenvalue weighted by atomic mass is 9.99. The second-order valence-corrected chi connectivity index (χ2v) is 5.88. The molecule has 1 aromatic carbocycles. The van der Waals surface area contributed by atoms with E-state index in [0.29, 0.717) is 17.8 Å². The Morgan fingerprint density at radius 2 is 2.11 bits per heavy atom. The lowest BCUT2D eigenvalue weighted by molar-refractivity contribution is 0.335. The molecule has 0 saturated heterocycles. The number of H-pyrrole nitrogens is 1. The molecule has 19 heavy (non-hydrogen) atoms. The van der Waals surface area contributed by atoms with Crippen LogP contribution in [0, 0.1) is 5.92 Å². The molecule has 0 spiro atoms. The molecule has 1 heterocycles. The standard InChI is InChI=1S/C15H19N3O/c1-15(2,10-7-8-10)16-9-13-17-12-6-4-3-5-11(12)14(19)18-13/h3-6,10,16H,7-9H2,1-2H3,(H,17,18,19). The molecule has 0 atom stereocenters. The molecule has 1 fully saturated rings. The summed E-state index contributed by atoms with van der Waals surface area (Å²) in [4.78, 5) is 19.3. The smallest absolute Gasteiger partial charge is 0.258 e. The molecular weight excluding hydrogens is 238 g/mol. The lowest BCUT2D eigenvalue weighted by Crippen LogP contribution is -2.41. The maximum atomic E-state index is 11.9. The maximum absolute atomic E-state index is 11.9. The van der Waals surface area contributed by atoms with Gasteiger partial charge in [-0.3, -0.25) is 4.79 Å². The minimum Gasteiger partial charge on any atom is -0.309 e. The van der Waals surface area contributed by atoms with Gasteiger partial charge in [0.25, 0.3) is 5.56 Å². The summed E-state index contributed by atoms with van der Waals surface area (Å²) in [7, 11) is 0. The van der Waals surface area contributed by atoms with Gasteiger partial charge in [-0.2, -0.15) is 0 Å². The first-order chi connectivity index (χ1) is 9.06. The van der Waals surface area contributed by atoms with E-state index >= 15 is 0 Å². The van der Waals surface area contributed by atoms with E-state index in [4.69, 9.17) is 0 Å². The van der Waals surface area contributed by atoms with Gasteiger partial charge in [0.2, 0.25) is 0 Å². The van der Waals surface area contributed by atoms with Crippen molar-refractivity contribution in [1.29, 1.82) is 0 Å². The topological polar surface area (TPSA) is 57.8 Å². The predicted molar refractivity (Wildman–Crippen MR) is 76.0 cm³/mol. The Morgan fingerprint density at radius 1 is 1.37 bits per heavy atom. The first-order valence-electron chi connectivity index (χ1n) is 6.79. The molecule has 0 unspecified atom stereocenters. The first-order valence-corrected chi connectivity index (χ1v) is 6.79. The average Bonchev–Trinajstić information content (AvgIpc) is 3.21. The summed E-state index contributed by atoms with van der Waals surface area (Å²) < 4.78 is 0. The van der Waals surface area contributed by atoms with Crippen molar-refractivity contribution in [2.45, 2.75) is 38.8 Å². The average molecular weight is 257 g/mol. The molecule has 4 heteroatoms. The molecule has 0 bridgehead atoms. The molecule has 100 valence electrons. The van der Waals surface area contributed by atoms with Crippen molar-refractivity contribution in [2.75, 3.05) is 0 Å². The van der Waals surface area contributed by atoms with E-state index in [2.05, 4.69) is 29.1 Å². The molecule has 0 radical (unpaired) electrons. The minimum atomic E-state index is -0.0633. The van der Waals surface area contributed by atoms with Crippen molar-refractivity contribution in [3.63, 3.8) is 0 Å². The Balaban J connectivity index is 1.83. The van der Waals surface area contributed by atoms with E-state index in [-0.39, 0.29) is 11.1 Å². The van der Waals surface area contributed by atoms with Gasteiger partial charge in [0.1, 0.15) is 5.82 Å². The molecule has 2 N–H and O–H groups in total. The quantitative estimate of drug-likeness (QED) is 0.882. The van der Waals surface area contributed by atoms with Crippen LogP contribution < -0.4 is 10.9 Å². The summed E-state index contributed by atoms with van der Waals surface area (Å²) in [6.45, 7) is 5.03. The van der Waals surface area contributed by atoms with Gasteiger partial charge in [-0.1, -0.05) is 12.1 Å². The van der Waals surface area contributed by atoms with Crippen molar-refractivity contribution in [3.8, 4) is 0 Å². The first kappa shape index (κ1) is 12.4. The number of para-hydroxylation sites is 1. The highest BCUT2D eigenvalue weighted by atomic mass is 16.1. The number of hydrogen-bond acceptors (Lipinski definition) is 3. The van der Waals surface area contributed by atoms with Crippen LogP contribution in [0.3, 0.4) is 0 Å². The molecule has 1 aliphatic carbocycles. The van der Waals surface area contributed by atoms with Crippen LogP contribution in [0.4, 0.5) is 0 Å². The lowest BCUT2D eigenvalue weighted by Gasteiger charge is -2.25. The summed E-state index contributed by atoms with van der Waals surface area (Å²) >= 11 is 0. The van der Waals surface area contributed by atoms with Crippen LogP contribution in [0.5, 0.6) is 0 Å². The molecule has 0 amide bonds. The number of hydrogen-bond donors (Lipinski definition) is 2. The van der Waals surface area contributed by atoms with Crippen LogP contribution in [0.25, 0.3) is 10.9 Å². The third-order valence-corrected chi connectivity index (χ3v) is 3.97. The van der Waals surface area contributed by atoms with Crippen LogP contribution >= 0.6 is 0 Å². The molecule has 2 aromatic rings. The molecule has 3 rings (SSSR count). The number of benzene rings is 1. The highest BCUT2D eigenvalue weighted by Crippen LogP contribution is 2.39. The summed E-state index contributed by atoms with van der Waals surface area (Å²) in [5, 5.41) is 4.14. The Bertz CT molecular complexity index is 656. The summed E-state index contributed by atoms with van der Waals surface area (Å²) in [5.41, 5.74) is 0.809. The number of nitrogens with zero attached hydrogens (tertiary/aromatic N) is 1. The molecule has 1 aliphatic rings. The second-order valence-electron chi connectivity index (χ2n) is 5.88. The fourth-order valence-corrected chi connectivity index (χ4v) is 2.48. The largest absolute Gasteiger partial charge is 0.309 e. The van der Waals surface area contributed by atoms with Crippen LogP contribution in [0.2, 0.25) is 0 Å². The number of aromatic nitrogens is 2. The Kier molecular flexibility index (Phi) is 2.90. The summed E-state index contributed by atoms with van der Waals surface area (Å²) in [5.74, 6) is 1.46. The number of nitrogens with one attached hydrogen (secondary N) is 2. The highest BCUT2D eigenvalue weighted by Gasteiger charge is 2.37. The van der Waals surface area contributed by atoms with Crippen LogP contribution in [-0.4, -0.2) is 15.5 Å². The van der Waals surface area contributed by atoms with Crippen LogP contribution in [0.1, 0.15) is 32.5 Å². The van der Waals surface area contributed by atoms with Crippen molar-refractivity contribution >= 4 is 10.9 Å². The van der Waals surface area contributed by atoms with E-state index in [1.807, 2.05) is 18.2 Å². The third-order valence-electron chi connectivity index (χ3n) is 3.97. The zero-order chi connectivity index (χ0) is 13.5. The zero-order valence-electron chi connectivity index (χ0n) is 11.4. The van der Waals surface area contributed by atoms with Crippen molar-refractivity contribution < 1.29 is 0 Å². The zero-order valence-corrected chi connectivity index (χ0v) is 11.4. The van der Waals surface area contributed by atoms with Gasteiger partial charge in [-0.05, 0) is 44.7 Å². The van der Waals surface area contributed by atoms with Crippen molar-refractivity contribution in [3.05, 3.63) is 40.4 Å². The van der Waals surface area contributed by atoms with Crippen molar-refractivity contribution in [2.24, 2.45) is 5.92 Å². The number of aromatic amines is 1. The van der Waals surface area contributed by atoms with Gasteiger partial charge in [-0.25, -0.2) is 4.98 Å². The molecule has 0 aliphatic heterocycles. The fourth-order valence-electron chi connectivity index (χ4n) is 2.48. The van der Waals surface area contributed by atoms with E-state index < -0.39 is 0 Å². The summed E-state index contributed by atoms with van der Waals surface area (Å²) in [6.07, 6.45) is 2.59. The second kappa shape index (κ2) is 4.46. The van der Waals surface area contributed by atoms with Crippen LogP contribution in [-0.2, 0) is 6.54 Å². The summed E-state index contributed by atoms with van der Waals surface area (Å²) in [6, 6.07) is 7.43. The molecule has 4 nitrogen and oxygen atoms in total. The van der Waals surface area contributed by atoms with E-state index in [1.54, 1.807) is 6.07 Å². The van der Waals surface area contributed by atoms with Gasteiger partial charge in [0.05, 0.1) is 17.4 Å². The van der Waals surface area contributed by atoms with Crippen molar-refractivity contribution in [1.82, 2.24) is 15.3 Å². The minimum absolute atomic E-state index is 0.0633. The molecular formula is C15H19N3O. The molecule has 1 saturated carbocycles. The van der Waals surface area contributed by atoms with Gasteiger partial charge in [-0.15, -0.1) is 0 Å². The predicted octanol–water partition coefficient (Wildman–Crippen LogP) is 2.20. The van der Waals surface area contributed by atoms with Crippen LogP contribution in [0.15, 0.2) is 29.1 Å². The van der Waals surface area contributed by atoms with E-state index in [9.17, 15) is 4.79 Å². The molecule has 1 aromatic heterocycles. The Hall–Kier alpha value is -1.68. The van der Waals surface area contributed by atoms with Gasteiger partial charge in [0, 0.05) is 5.54 Å². The van der Waals surface area contributed by atoms with Gasteiger partial charge >= 0.3 is 0 Å². The maximum Gasteiger partial charge on any atom is 0.258 e. The van der Waals surface area contributed by atoms with E-state index in [0.717, 1.165) is 11.4 Å². The van der Waals surface area contributed by atoms with E-state index in [1.165, 1.54) is 12.8 Å². The highest BCUT2D eigenvalue weighted by molar-refractivity contribution is 5.77. The normalized spacial score (nSPS) is 15.9. The van der Waals surface area contributed by atoms with Gasteiger partial charge in [0.15, 0.2) is 0 Å². The Labute approximate surface area is 112 Å². The fraction of sp³-hybridized carbons (Fsp3) is 0.467. The Morgan fingerprint density at radius 3 is 2.84 bits per heavy atom.